The molecule has 1 aromatic carbocycles. The SMILES string of the molecule is CNC1CCN(CC(=O)Nc2ccc(Cl)c(Cl)c2)C1.Cl. The van der Waals surface area contributed by atoms with Crippen LogP contribution in [0.15, 0.2) is 18.2 Å². The van der Waals surface area contributed by atoms with E-state index >= 15 is 0 Å². The van der Waals surface area contributed by atoms with Crippen molar-refractivity contribution in [1.29, 1.82) is 0 Å². The molecular formula is C13H18Cl3N3O. The van der Waals surface area contributed by atoms with Gasteiger partial charge in [0.05, 0.1) is 16.6 Å². The fourth-order valence-electron chi connectivity index (χ4n) is 2.19. The Balaban J connectivity index is 0.00000200. The van der Waals surface area contributed by atoms with E-state index in [1.165, 1.54) is 0 Å². The number of benzene rings is 1. The summed E-state index contributed by atoms with van der Waals surface area (Å²) in [6.45, 7) is 2.25. The van der Waals surface area contributed by atoms with Crippen molar-refractivity contribution in [1.82, 2.24) is 10.2 Å². The number of likely N-dealkylation sites (N-methyl/N-ethyl adjacent to an activating group) is 1. The molecule has 1 aliphatic heterocycles. The molecule has 0 aromatic heterocycles. The Morgan fingerprint density at radius 2 is 2.15 bits per heavy atom. The fourth-order valence-corrected chi connectivity index (χ4v) is 2.49. The number of carbonyl (C=O) groups is 1. The summed E-state index contributed by atoms with van der Waals surface area (Å²) in [4.78, 5) is 14.0. The van der Waals surface area contributed by atoms with Gasteiger partial charge in [-0.1, -0.05) is 23.2 Å². The van der Waals surface area contributed by atoms with Crippen molar-refractivity contribution < 1.29 is 4.79 Å². The van der Waals surface area contributed by atoms with Gasteiger partial charge in [-0.15, -0.1) is 12.4 Å². The third kappa shape index (κ3) is 4.79. The summed E-state index contributed by atoms with van der Waals surface area (Å²) >= 11 is 11.7. The lowest BCUT2D eigenvalue weighted by molar-refractivity contribution is -0.117. The van der Waals surface area contributed by atoms with Gasteiger partial charge in [0.15, 0.2) is 0 Å². The summed E-state index contributed by atoms with van der Waals surface area (Å²) in [5, 5.41) is 6.97. The van der Waals surface area contributed by atoms with Crippen LogP contribution < -0.4 is 10.6 Å². The summed E-state index contributed by atoms with van der Waals surface area (Å²) in [5.74, 6) is -0.0323. The Kier molecular flexibility index (Phi) is 7.06. The fraction of sp³-hybridized carbons (Fsp3) is 0.462. The van der Waals surface area contributed by atoms with Crippen molar-refractivity contribution in [3.63, 3.8) is 0 Å². The van der Waals surface area contributed by atoms with Crippen LogP contribution >= 0.6 is 35.6 Å². The Morgan fingerprint density at radius 1 is 1.40 bits per heavy atom. The van der Waals surface area contributed by atoms with E-state index in [1.807, 2.05) is 7.05 Å². The lowest BCUT2D eigenvalue weighted by Crippen LogP contribution is -2.34. The largest absolute Gasteiger partial charge is 0.325 e. The minimum atomic E-state index is -0.0323. The zero-order valence-corrected chi connectivity index (χ0v) is 13.5. The number of amides is 1. The molecule has 1 amide bonds. The van der Waals surface area contributed by atoms with Gasteiger partial charge in [-0.25, -0.2) is 0 Å². The van der Waals surface area contributed by atoms with Crippen molar-refractivity contribution in [3.8, 4) is 0 Å². The normalized spacial score (nSPS) is 18.6. The van der Waals surface area contributed by atoms with Crippen LogP contribution in [0.1, 0.15) is 6.42 Å². The molecule has 2 N–H and O–H groups in total. The highest BCUT2D eigenvalue weighted by Gasteiger charge is 2.22. The van der Waals surface area contributed by atoms with Crippen LogP contribution in [0.5, 0.6) is 0 Å². The highest BCUT2D eigenvalue weighted by Crippen LogP contribution is 2.25. The van der Waals surface area contributed by atoms with E-state index in [0.717, 1.165) is 19.5 Å². The summed E-state index contributed by atoms with van der Waals surface area (Å²) in [6, 6.07) is 5.55. The van der Waals surface area contributed by atoms with E-state index in [0.29, 0.717) is 28.3 Å². The Bertz CT molecular complexity index is 470. The van der Waals surface area contributed by atoms with E-state index < -0.39 is 0 Å². The maximum absolute atomic E-state index is 11.9. The van der Waals surface area contributed by atoms with Crippen molar-refractivity contribution >= 4 is 47.2 Å². The quantitative estimate of drug-likeness (QED) is 0.887. The van der Waals surface area contributed by atoms with Crippen LogP contribution in [0.4, 0.5) is 5.69 Å². The maximum atomic E-state index is 11.9. The molecule has 0 radical (unpaired) electrons. The molecule has 1 heterocycles. The first-order valence-electron chi connectivity index (χ1n) is 6.23. The van der Waals surface area contributed by atoms with Crippen LogP contribution in [0.2, 0.25) is 10.0 Å². The molecule has 1 atom stereocenters. The summed E-state index contributed by atoms with van der Waals surface area (Å²) < 4.78 is 0. The van der Waals surface area contributed by atoms with E-state index in [-0.39, 0.29) is 18.3 Å². The average Bonchev–Trinajstić information content (AvgIpc) is 2.81. The minimum absolute atomic E-state index is 0. The molecule has 1 fully saturated rings. The first-order valence-corrected chi connectivity index (χ1v) is 6.98. The van der Waals surface area contributed by atoms with Gasteiger partial charge in [-0.05, 0) is 31.7 Å². The predicted octanol–water partition coefficient (Wildman–Crippen LogP) is 2.65. The van der Waals surface area contributed by atoms with Gasteiger partial charge < -0.3 is 10.6 Å². The van der Waals surface area contributed by atoms with E-state index in [2.05, 4.69) is 15.5 Å². The number of anilines is 1. The molecule has 0 spiro atoms. The molecule has 7 heteroatoms. The molecule has 1 aliphatic rings. The third-order valence-corrected chi connectivity index (χ3v) is 3.99. The van der Waals surface area contributed by atoms with Crippen molar-refractivity contribution in [3.05, 3.63) is 28.2 Å². The molecule has 4 nitrogen and oxygen atoms in total. The van der Waals surface area contributed by atoms with Gasteiger partial charge in [0.2, 0.25) is 5.91 Å². The van der Waals surface area contributed by atoms with E-state index in [9.17, 15) is 4.79 Å². The first-order chi connectivity index (χ1) is 9.08. The Morgan fingerprint density at radius 3 is 2.75 bits per heavy atom. The molecule has 0 saturated carbocycles. The number of nitrogens with one attached hydrogen (secondary N) is 2. The highest BCUT2D eigenvalue weighted by molar-refractivity contribution is 6.42. The summed E-state index contributed by atoms with van der Waals surface area (Å²) in [5.41, 5.74) is 0.670. The average molecular weight is 339 g/mol. The Hall–Kier alpha value is -0.520. The van der Waals surface area contributed by atoms with Crippen LogP contribution in [-0.2, 0) is 4.79 Å². The highest BCUT2D eigenvalue weighted by atomic mass is 35.5. The maximum Gasteiger partial charge on any atom is 0.238 e. The molecule has 112 valence electrons. The molecule has 0 aliphatic carbocycles. The van der Waals surface area contributed by atoms with Crippen LogP contribution in [0, 0.1) is 0 Å². The van der Waals surface area contributed by atoms with Gasteiger partial charge in [0.25, 0.3) is 0 Å². The molecule has 2 rings (SSSR count). The molecule has 0 bridgehead atoms. The van der Waals surface area contributed by atoms with Gasteiger partial charge in [-0.3, -0.25) is 9.69 Å². The second kappa shape index (κ2) is 8.05. The monoisotopic (exact) mass is 337 g/mol. The number of halogens is 3. The van der Waals surface area contributed by atoms with Crippen molar-refractivity contribution in [2.75, 3.05) is 32.0 Å². The molecule has 20 heavy (non-hydrogen) atoms. The molecule has 1 saturated heterocycles. The third-order valence-electron chi connectivity index (χ3n) is 3.25. The summed E-state index contributed by atoms with van der Waals surface area (Å²) in [6.07, 6.45) is 1.08. The number of likely N-dealkylation sites (tertiary alicyclic amines) is 1. The van der Waals surface area contributed by atoms with Crippen LogP contribution in [-0.4, -0.2) is 43.5 Å². The second-order valence-corrected chi connectivity index (χ2v) is 5.50. The zero-order valence-electron chi connectivity index (χ0n) is 11.2. The van der Waals surface area contributed by atoms with Gasteiger partial charge in [-0.2, -0.15) is 0 Å². The van der Waals surface area contributed by atoms with Crippen molar-refractivity contribution in [2.45, 2.75) is 12.5 Å². The zero-order chi connectivity index (χ0) is 13.8. The topological polar surface area (TPSA) is 44.4 Å². The lowest BCUT2D eigenvalue weighted by atomic mass is 10.3. The van der Waals surface area contributed by atoms with Gasteiger partial charge in [0, 0.05) is 24.8 Å². The number of nitrogens with zero attached hydrogens (tertiary/aromatic N) is 1. The standard InChI is InChI=1S/C13H17Cl2N3O.ClH/c1-16-10-4-5-18(7-10)8-13(19)17-9-2-3-11(14)12(15)6-9;/h2-3,6,10,16H,4-5,7-8H2,1H3,(H,17,19);1H. The van der Waals surface area contributed by atoms with E-state index in [4.69, 9.17) is 23.2 Å². The second-order valence-electron chi connectivity index (χ2n) is 4.69. The van der Waals surface area contributed by atoms with Crippen molar-refractivity contribution in [2.24, 2.45) is 0 Å². The molecular weight excluding hydrogens is 321 g/mol. The van der Waals surface area contributed by atoms with Crippen LogP contribution in [0.25, 0.3) is 0 Å². The smallest absolute Gasteiger partial charge is 0.238 e. The first kappa shape index (κ1) is 17.5. The number of rotatable bonds is 4. The van der Waals surface area contributed by atoms with Gasteiger partial charge in [0.1, 0.15) is 0 Å². The Labute approximate surface area is 135 Å². The number of hydrogen-bond donors (Lipinski definition) is 2. The van der Waals surface area contributed by atoms with Gasteiger partial charge >= 0.3 is 0 Å². The number of hydrogen-bond acceptors (Lipinski definition) is 3. The summed E-state index contributed by atoms with van der Waals surface area (Å²) in [7, 11) is 1.95. The number of carbonyl (C=O) groups excluding carboxylic acids is 1. The van der Waals surface area contributed by atoms with E-state index in [1.54, 1.807) is 18.2 Å². The predicted molar refractivity (Wildman–Crippen MR) is 86.2 cm³/mol. The molecule has 1 aromatic rings. The van der Waals surface area contributed by atoms with Crippen LogP contribution in [0.3, 0.4) is 0 Å². The minimum Gasteiger partial charge on any atom is -0.325 e. The molecule has 1 unspecified atom stereocenters. The lowest BCUT2D eigenvalue weighted by Gasteiger charge is -2.15.